The predicted molar refractivity (Wildman–Crippen MR) is 73.0 cm³/mol. The largest absolute Gasteiger partial charge is 0.461 e. The molecule has 0 aliphatic rings. The van der Waals surface area contributed by atoms with Gasteiger partial charge in [0.1, 0.15) is 16.7 Å². The van der Waals surface area contributed by atoms with Crippen LogP contribution in [0.15, 0.2) is 9.82 Å². The van der Waals surface area contributed by atoms with Gasteiger partial charge >= 0.3 is 5.97 Å². The van der Waals surface area contributed by atoms with Gasteiger partial charge in [0.2, 0.25) is 0 Å². The number of ether oxygens (including phenoxy) is 1. The van der Waals surface area contributed by atoms with Crippen LogP contribution in [0.4, 0.5) is 0 Å². The second-order valence-electron chi connectivity index (χ2n) is 3.90. The van der Waals surface area contributed by atoms with Crippen molar-refractivity contribution in [2.45, 2.75) is 18.9 Å². The molecule has 2 heterocycles. The molecule has 0 aliphatic heterocycles. The van der Waals surface area contributed by atoms with Crippen molar-refractivity contribution < 1.29 is 9.53 Å². The summed E-state index contributed by atoms with van der Waals surface area (Å²) in [6, 6.07) is 1.99. The molecule has 7 nitrogen and oxygen atoms in total. The Morgan fingerprint density at radius 2 is 2.30 bits per heavy atom. The van der Waals surface area contributed by atoms with Crippen LogP contribution in [-0.2, 0) is 4.74 Å². The summed E-state index contributed by atoms with van der Waals surface area (Å²) >= 11 is 1.29. The zero-order valence-electron chi connectivity index (χ0n) is 11.2. The van der Waals surface area contributed by atoms with Gasteiger partial charge in [-0.2, -0.15) is 9.78 Å². The van der Waals surface area contributed by atoms with Gasteiger partial charge in [0.05, 0.1) is 6.61 Å². The van der Waals surface area contributed by atoms with E-state index in [4.69, 9.17) is 4.74 Å². The highest BCUT2D eigenvalue weighted by atomic mass is 32.2. The van der Waals surface area contributed by atoms with E-state index in [2.05, 4.69) is 10.1 Å². The molecule has 2 aromatic rings. The lowest BCUT2D eigenvalue weighted by Crippen LogP contribution is -2.23. The van der Waals surface area contributed by atoms with Crippen molar-refractivity contribution in [2.24, 2.45) is 0 Å². The lowest BCUT2D eigenvalue weighted by Gasteiger charge is -2.04. The van der Waals surface area contributed by atoms with Crippen LogP contribution in [0.1, 0.15) is 28.5 Å². The normalized spacial score (nSPS) is 10.5. The molecule has 0 saturated heterocycles. The minimum Gasteiger partial charge on any atom is -0.461 e. The first-order valence-electron chi connectivity index (χ1n) is 5.81. The van der Waals surface area contributed by atoms with E-state index in [1.807, 2.05) is 6.07 Å². The highest BCUT2D eigenvalue weighted by Crippen LogP contribution is 2.21. The number of carbonyl (C=O) groups excluding carboxylic acids is 1. The Bertz CT molecular complexity index is 785. The molecule has 0 unspecified atom stereocenters. The van der Waals surface area contributed by atoms with Gasteiger partial charge in [-0.1, -0.05) is 0 Å². The lowest BCUT2D eigenvalue weighted by atomic mass is 10.2. The first-order valence-corrected chi connectivity index (χ1v) is 7.04. The Morgan fingerprint density at radius 3 is 2.85 bits per heavy atom. The Morgan fingerprint density at radius 1 is 1.60 bits per heavy atom. The Labute approximate surface area is 118 Å². The number of aromatic nitrogens is 3. The second kappa shape index (κ2) is 5.38. The van der Waals surface area contributed by atoms with Crippen LogP contribution in [0.2, 0.25) is 0 Å². The van der Waals surface area contributed by atoms with Crippen LogP contribution in [-0.4, -0.2) is 33.4 Å². The van der Waals surface area contributed by atoms with Crippen LogP contribution in [0.25, 0.3) is 5.65 Å². The smallest absolute Gasteiger partial charge is 0.357 e. The van der Waals surface area contributed by atoms with Gasteiger partial charge in [-0.05, 0) is 20.1 Å². The predicted octanol–water partition coefficient (Wildman–Crippen LogP) is 1.10. The number of hydrogen-bond donors (Lipinski definition) is 1. The van der Waals surface area contributed by atoms with Crippen molar-refractivity contribution in [3.63, 3.8) is 0 Å². The van der Waals surface area contributed by atoms with Crippen LogP contribution in [0, 0.1) is 18.3 Å². The van der Waals surface area contributed by atoms with E-state index >= 15 is 0 Å². The fraction of sp³-hybridized carbons (Fsp3) is 0.333. The highest BCUT2D eigenvalue weighted by molar-refractivity contribution is 7.98. The maximum atomic E-state index is 12.2. The van der Waals surface area contributed by atoms with E-state index in [1.165, 1.54) is 23.2 Å². The van der Waals surface area contributed by atoms with E-state index < -0.39 is 11.5 Å². The monoisotopic (exact) mass is 292 g/mol. The SMILES string of the molecule is CCOC(=O)c1nc2c(C#N)c(SC)[nH]n2c(=O)c1C. The summed E-state index contributed by atoms with van der Waals surface area (Å²) in [5, 5.41) is 12.5. The highest BCUT2D eigenvalue weighted by Gasteiger charge is 2.21. The molecule has 0 aliphatic carbocycles. The van der Waals surface area contributed by atoms with Gasteiger partial charge in [-0.15, -0.1) is 11.8 Å². The Hall–Kier alpha value is -2.27. The third-order valence-corrected chi connectivity index (χ3v) is 3.46. The first kappa shape index (κ1) is 14.1. The molecule has 0 amide bonds. The Kier molecular flexibility index (Phi) is 3.81. The molecule has 0 radical (unpaired) electrons. The standard InChI is InChI=1S/C12H12N4O3S/c1-4-19-12(18)8-6(2)11(17)16-9(14-8)7(5-13)10(15-16)20-3/h15H,4H2,1-3H3. The minimum absolute atomic E-state index is 0.0556. The average molecular weight is 292 g/mol. The van der Waals surface area contributed by atoms with Gasteiger partial charge in [-0.3, -0.25) is 9.89 Å². The van der Waals surface area contributed by atoms with Crippen molar-refractivity contribution in [1.29, 1.82) is 5.26 Å². The van der Waals surface area contributed by atoms with Gasteiger partial charge in [-0.25, -0.2) is 9.78 Å². The third-order valence-electron chi connectivity index (χ3n) is 2.76. The minimum atomic E-state index is -0.666. The third kappa shape index (κ3) is 2.06. The Balaban J connectivity index is 2.82. The molecule has 0 atom stereocenters. The van der Waals surface area contributed by atoms with Crippen molar-refractivity contribution in [3.8, 4) is 6.07 Å². The summed E-state index contributed by atoms with van der Waals surface area (Å²) in [6.45, 7) is 3.36. The van der Waals surface area contributed by atoms with Crippen LogP contribution in [0.3, 0.4) is 0 Å². The van der Waals surface area contributed by atoms with Crippen LogP contribution < -0.4 is 5.56 Å². The number of fused-ring (bicyclic) bond motifs is 1. The molecule has 104 valence electrons. The zero-order chi connectivity index (χ0) is 14.9. The van der Waals surface area contributed by atoms with E-state index in [1.54, 1.807) is 13.2 Å². The number of carbonyl (C=O) groups is 1. The molecule has 1 N–H and O–H groups in total. The number of aromatic amines is 1. The van der Waals surface area contributed by atoms with Crippen LogP contribution >= 0.6 is 11.8 Å². The summed E-state index contributed by atoms with van der Waals surface area (Å²) in [7, 11) is 0. The molecular formula is C12H12N4O3S. The molecule has 0 spiro atoms. The van der Waals surface area contributed by atoms with Crippen molar-refractivity contribution in [3.05, 3.63) is 27.2 Å². The molecule has 0 bridgehead atoms. The molecule has 0 fully saturated rings. The molecule has 0 aromatic carbocycles. The second-order valence-corrected chi connectivity index (χ2v) is 4.72. The number of nitriles is 1. The average Bonchev–Trinajstić information content (AvgIpc) is 2.80. The quantitative estimate of drug-likeness (QED) is 0.671. The summed E-state index contributed by atoms with van der Waals surface area (Å²) < 4.78 is 6.04. The fourth-order valence-electron chi connectivity index (χ4n) is 1.78. The van der Waals surface area contributed by atoms with Crippen LogP contribution in [0.5, 0.6) is 0 Å². The molecular weight excluding hydrogens is 280 g/mol. The molecule has 2 aromatic heterocycles. The van der Waals surface area contributed by atoms with E-state index in [9.17, 15) is 14.9 Å². The number of rotatable bonds is 3. The fourth-order valence-corrected chi connectivity index (χ4v) is 2.31. The lowest BCUT2D eigenvalue weighted by molar-refractivity contribution is 0.0518. The number of hydrogen-bond acceptors (Lipinski definition) is 6. The number of nitrogens with one attached hydrogen (secondary N) is 1. The molecule has 0 saturated carbocycles. The number of H-pyrrole nitrogens is 1. The summed E-state index contributed by atoms with van der Waals surface area (Å²) in [5.41, 5.74) is 0.0739. The van der Waals surface area contributed by atoms with Gasteiger partial charge < -0.3 is 4.74 Å². The van der Waals surface area contributed by atoms with Gasteiger partial charge in [0, 0.05) is 5.56 Å². The number of nitrogens with zero attached hydrogens (tertiary/aromatic N) is 3. The van der Waals surface area contributed by atoms with Gasteiger partial charge in [0.15, 0.2) is 11.3 Å². The van der Waals surface area contributed by atoms with E-state index in [0.717, 1.165) is 0 Å². The molecule has 20 heavy (non-hydrogen) atoms. The zero-order valence-corrected chi connectivity index (χ0v) is 12.0. The number of thioether (sulfide) groups is 1. The van der Waals surface area contributed by atoms with Crippen molar-refractivity contribution in [1.82, 2.24) is 14.6 Å². The summed E-state index contributed by atoms with van der Waals surface area (Å²) in [4.78, 5) is 28.1. The number of esters is 1. The van der Waals surface area contributed by atoms with Crippen molar-refractivity contribution in [2.75, 3.05) is 12.9 Å². The maximum absolute atomic E-state index is 12.2. The molecule has 2 rings (SSSR count). The van der Waals surface area contributed by atoms with Gasteiger partial charge in [0.25, 0.3) is 5.56 Å². The summed E-state index contributed by atoms with van der Waals surface area (Å²) in [6.07, 6.45) is 1.77. The molecule has 8 heteroatoms. The van der Waals surface area contributed by atoms with E-state index in [-0.39, 0.29) is 29.1 Å². The topological polar surface area (TPSA) is 100 Å². The maximum Gasteiger partial charge on any atom is 0.357 e. The van der Waals surface area contributed by atoms with Crippen molar-refractivity contribution >= 4 is 23.4 Å². The summed E-state index contributed by atoms with van der Waals surface area (Å²) in [5.74, 6) is -0.666. The first-order chi connectivity index (χ1) is 9.54. The van der Waals surface area contributed by atoms with E-state index in [0.29, 0.717) is 5.03 Å².